The molecule has 0 aliphatic carbocycles. The first-order chi connectivity index (χ1) is 8.07. The van der Waals surface area contributed by atoms with E-state index in [4.69, 9.17) is 5.73 Å². The molecule has 6 heteroatoms. The Morgan fingerprint density at radius 1 is 1.33 bits per heavy atom. The van der Waals surface area contributed by atoms with E-state index in [1.54, 1.807) is 11.8 Å². The van der Waals surface area contributed by atoms with Crippen molar-refractivity contribution in [3.05, 3.63) is 0 Å². The van der Waals surface area contributed by atoms with Gasteiger partial charge in [-0.05, 0) is 42.3 Å². The lowest BCUT2D eigenvalue weighted by atomic mass is 10.2. The highest BCUT2D eigenvalue weighted by atomic mass is 35.5. The van der Waals surface area contributed by atoms with Crippen LogP contribution < -0.4 is 11.1 Å². The molecule has 1 unspecified atom stereocenters. The fourth-order valence-corrected chi connectivity index (χ4v) is 2.69. The Morgan fingerprint density at radius 2 is 2.00 bits per heavy atom. The third-order valence-corrected chi connectivity index (χ3v) is 4.31. The van der Waals surface area contributed by atoms with Gasteiger partial charge in [0.2, 0.25) is 5.91 Å². The SMILES string of the molecule is CSCCC(N)C(=O)NCCCSCC(C)C.Cl. The van der Waals surface area contributed by atoms with Gasteiger partial charge >= 0.3 is 0 Å². The number of amides is 1. The van der Waals surface area contributed by atoms with Crippen molar-refractivity contribution in [1.29, 1.82) is 0 Å². The molecule has 1 amide bonds. The number of thioether (sulfide) groups is 2. The summed E-state index contributed by atoms with van der Waals surface area (Å²) in [5.41, 5.74) is 5.75. The quantitative estimate of drug-likeness (QED) is 0.608. The Kier molecular flexibility index (Phi) is 15.9. The summed E-state index contributed by atoms with van der Waals surface area (Å²) in [6.07, 6.45) is 3.81. The molecule has 0 bridgehead atoms. The van der Waals surface area contributed by atoms with Crippen molar-refractivity contribution in [2.45, 2.75) is 32.7 Å². The number of hydrogen-bond donors (Lipinski definition) is 2. The minimum Gasteiger partial charge on any atom is -0.355 e. The van der Waals surface area contributed by atoms with Crippen LogP contribution >= 0.6 is 35.9 Å². The normalized spacial score (nSPS) is 12.1. The van der Waals surface area contributed by atoms with Crippen molar-refractivity contribution in [2.24, 2.45) is 11.7 Å². The average molecular weight is 315 g/mol. The van der Waals surface area contributed by atoms with Gasteiger partial charge in [0.05, 0.1) is 6.04 Å². The Labute approximate surface area is 126 Å². The van der Waals surface area contributed by atoms with Gasteiger partial charge in [-0.25, -0.2) is 0 Å². The van der Waals surface area contributed by atoms with Crippen molar-refractivity contribution in [2.75, 3.05) is 30.1 Å². The molecule has 0 aromatic heterocycles. The first-order valence-electron chi connectivity index (χ1n) is 6.18. The maximum Gasteiger partial charge on any atom is 0.236 e. The molecule has 3 nitrogen and oxygen atoms in total. The first-order valence-corrected chi connectivity index (χ1v) is 8.72. The zero-order valence-corrected chi connectivity index (χ0v) is 14.1. The summed E-state index contributed by atoms with van der Waals surface area (Å²) in [5, 5.41) is 2.89. The summed E-state index contributed by atoms with van der Waals surface area (Å²) in [6, 6.07) is -0.342. The second-order valence-electron chi connectivity index (χ2n) is 4.50. The molecule has 0 fully saturated rings. The second-order valence-corrected chi connectivity index (χ2v) is 6.64. The number of carbonyl (C=O) groups is 1. The monoisotopic (exact) mass is 314 g/mol. The zero-order valence-electron chi connectivity index (χ0n) is 11.6. The summed E-state index contributed by atoms with van der Waals surface area (Å²) < 4.78 is 0. The van der Waals surface area contributed by atoms with Gasteiger partial charge in [-0.2, -0.15) is 23.5 Å². The number of nitrogens with two attached hydrogens (primary N) is 1. The molecule has 0 heterocycles. The highest BCUT2D eigenvalue weighted by molar-refractivity contribution is 7.99. The predicted molar refractivity (Wildman–Crippen MR) is 88.0 cm³/mol. The van der Waals surface area contributed by atoms with E-state index in [2.05, 4.69) is 19.2 Å². The van der Waals surface area contributed by atoms with Crippen LogP contribution in [0.2, 0.25) is 0 Å². The summed E-state index contributed by atoms with van der Waals surface area (Å²) in [5.74, 6) is 3.99. The number of nitrogens with one attached hydrogen (secondary N) is 1. The van der Waals surface area contributed by atoms with E-state index in [1.807, 2.05) is 18.0 Å². The smallest absolute Gasteiger partial charge is 0.236 e. The van der Waals surface area contributed by atoms with Crippen molar-refractivity contribution >= 4 is 41.8 Å². The minimum absolute atomic E-state index is 0. The molecule has 0 aromatic rings. The predicted octanol–water partition coefficient (Wildman–Crippen LogP) is 2.38. The largest absolute Gasteiger partial charge is 0.355 e. The number of hydrogen-bond acceptors (Lipinski definition) is 4. The topological polar surface area (TPSA) is 55.1 Å². The van der Waals surface area contributed by atoms with Crippen LogP contribution in [-0.2, 0) is 4.79 Å². The molecule has 18 heavy (non-hydrogen) atoms. The van der Waals surface area contributed by atoms with Crippen molar-refractivity contribution in [1.82, 2.24) is 5.32 Å². The van der Waals surface area contributed by atoms with Crippen LogP contribution in [0.5, 0.6) is 0 Å². The van der Waals surface area contributed by atoms with Crippen LogP contribution in [0.4, 0.5) is 0 Å². The van der Waals surface area contributed by atoms with Gasteiger partial charge in [0.15, 0.2) is 0 Å². The van der Waals surface area contributed by atoms with E-state index >= 15 is 0 Å². The highest BCUT2D eigenvalue weighted by Gasteiger charge is 2.11. The van der Waals surface area contributed by atoms with E-state index in [1.165, 1.54) is 5.75 Å². The summed E-state index contributed by atoms with van der Waals surface area (Å²) in [7, 11) is 0. The van der Waals surface area contributed by atoms with Gasteiger partial charge in [-0.3, -0.25) is 4.79 Å². The summed E-state index contributed by atoms with van der Waals surface area (Å²) >= 11 is 3.67. The minimum atomic E-state index is -0.342. The maximum absolute atomic E-state index is 11.5. The average Bonchev–Trinajstić information content (AvgIpc) is 2.29. The van der Waals surface area contributed by atoms with Crippen LogP contribution in [0, 0.1) is 5.92 Å². The maximum atomic E-state index is 11.5. The first kappa shape index (κ1) is 20.7. The Morgan fingerprint density at radius 3 is 2.56 bits per heavy atom. The van der Waals surface area contributed by atoms with Gasteiger partial charge in [0, 0.05) is 6.54 Å². The second kappa shape index (κ2) is 13.8. The van der Waals surface area contributed by atoms with E-state index in [9.17, 15) is 4.79 Å². The Bertz CT molecular complexity index is 207. The Balaban J connectivity index is 0. The standard InChI is InChI=1S/C12H26N2OS2.ClH/c1-10(2)9-17-7-4-6-14-12(15)11(13)5-8-16-3;/h10-11H,4-9,13H2,1-3H3,(H,14,15);1H. The van der Waals surface area contributed by atoms with Crippen molar-refractivity contribution in [3.8, 4) is 0 Å². The molecule has 0 radical (unpaired) electrons. The zero-order chi connectivity index (χ0) is 13.1. The lowest BCUT2D eigenvalue weighted by Crippen LogP contribution is -2.41. The molecular formula is C12H27ClN2OS2. The molecular weight excluding hydrogens is 288 g/mol. The summed E-state index contributed by atoms with van der Waals surface area (Å²) in [6.45, 7) is 5.19. The van der Waals surface area contributed by atoms with E-state index in [0.717, 1.165) is 36.8 Å². The molecule has 3 N–H and O–H groups in total. The van der Waals surface area contributed by atoms with Crippen LogP contribution in [0.1, 0.15) is 26.7 Å². The third-order valence-electron chi connectivity index (χ3n) is 2.19. The molecule has 0 saturated heterocycles. The highest BCUT2D eigenvalue weighted by Crippen LogP contribution is 2.08. The number of rotatable bonds is 10. The van der Waals surface area contributed by atoms with Gasteiger partial charge in [-0.1, -0.05) is 13.8 Å². The molecule has 110 valence electrons. The molecule has 0 aromatic carbocycles. The summed E-state index contributed by atoms with van der Waals surface area (Å²) in [4.78, 5) is 11.5. The lowest BCUT2D eigenvalue weighted by molar-refractivity contribution is -0.122. The van der Waals surface area contributed by atoms with Crippen LogP contribution in [0.15, 0.2) is 0 Å². The van der Waals surface area contributed by atoms with Gasteiger partial charge in [0.1, 0.15) is 0 Å². The molecule has 1 atom stereocenters. The van der Waals surface area contributed by atoms with E-state index in [0.29, 0.717) is 0 Å². The molecule has 0 rings (SSSR count). The van der Waals surface area contributed by atoms with Crippen LogP contribution in [0.3, 0.4) is 0 Å². The van der Waals surface area contributed by atoms with Crippen LogP contribution in [0.25, 0.3) is 0 Å². The molecule has 0 spiro atoms. The van der Waals surface area contributed by atoms with Crippen molar-refractivity contribution < 1.29 is 4.79 Å². The van der Waals surface area contributed by atoms with Gasteiger partial charge in [-0.15, -0.1) is 12.4 Å². The molecule has 0 saturated carbocycles. The van der Waals surface area contributed by atoms with E-state index in [-0.39, 0.29) is 24.4 Å². The van der Waals surface area contributed by atoms with E-state index < -0.39 is 0 Å². The van der Waals surface area contributed by atoms with Gasteiger partial charge < -0.3 is 11.1 Å². The lowest BCUT2D eigenvalue weighted by Gasteiger charge is -2.11. The number of carbonyl (C=O) groups excluding carboxylic acids is 1. The fraction of sp³-hybridized carbons (Fsp3) is 0.917. The van der Waals surface area contributed by atoms with Crippen molar-refractivity contribution in [3.63, 3.8) is 0 Å². The van der Waals surface area contributed by atoms with Crippen LogP contribution in [-0.4, -0.2) is 42.0 Å². The Hall–Kier alpha value is 0.420. The number of halogens is 1. The van der Waals surface area contributed by atoms with Gasteiger partial charge in [0.25, 0.3) is 0 Å². The fourth-order valence-electron chi connectivity index (χ4n) is 1.21. The third kappa shape index (κ3) is 12.9. The molecule has 0 aliphatic heterocycles. The molecule has 0 aliphatic rings.